The molecule has 0 spiro atoms. The van der Waals surface area contributed by atoms with Crippen molar-refractivity contribution in [3.63, 3.8) is 0 Å². The van der Waals surface area contributed by atoms with Gasteiger partial charge in [-0.1, -0.05) is 97.1 Å². The van der Waals surface area contributed by atoms with Crippen LogP contribution < -0.4 is 9.80 Å². The van der Waals surface area contributed by atoms with Crippen LogP contribution in [0, 0.1) is 10.8 Å². The van der Waals surface area contributed by atoms with E-state index in [2.05, 4.69) is 0 Å². The lowest BCUT2D eigenvalue weighted by molar-refractivity contribution is -0.139. The van der Waals surface area contributed by atoms with Gasteiger partial charge in [0.2, 0.25) is 11.8 Å². The molecule has 0 saturated carbocycles. The van der Waals surface area contributed by atoms with Crippen LogP contribution in [0.5, 0.6) is 0 Å². The summed E-state index contributed by atoms with van der Waals surface area (Å²) in [5, 5.41) is 0. The number of anilines is 2. The topological polar surface area (TPSA) is 74.8 Å². The molecule has 6 nitrogen and oxygen atoms in total. The Kier molecular flexibility index (Phi) is 8.10. The smallest absolute Gasteiger partial charge is 0.242 e. The minimum atomic E-state index is -2.13. The standard InChI is InChI=1S/C34H32N2O4/c1-33(29(37)25-17-9-5-10-18-25,31(39)35(3)27-21-13-7-14-22-27)34(2,30(38)26-19-11-6-12-20-26)32(40)36(4)28-23-15-8-16-24-28/h5-24H,1-4H3. The molecule has 0 heterocycles. The Morgan fingerprint density at radius 1 is 0.450 bits per heavy atom. The van der Waals surface area contributed by atoms with Gasteiger partial charge in [0.15, 0.2) is 11.6 Å². The number of rotatable bonds is 9. The lowest BCUT2D eigenvalue weighted by Gasteiger charge is -2.45. The van der Waals surface area contributed by atoms with Crippen LogP contribution in [0.15, 0.2) is 121 Å². The number of hydrogen-bond acceptors (Lipinski definition) is 4. The van der Waals surface area contributed by atoms with Crippen LogP contribution in [0.25, 0.3) is 0 Å². The maximum absolute atomic E-state index is 14.6. The van der Waals surface area contributed by atoms with Crippen molar-refractivity contribution in [2.24, 2.45) is 10.8 Å². The quantitative estimate of drug-likeness (QED) is 0.193. The number of hydrogen-bond donors (Lipinski definition) is 0. The Hall–Kier alpha value is -4.84. The average Bonchev–Trinajstić information content (AvgIpc) is 3.03. The van der Waals surface area contributed by atoms with Gasteiger partial charge in [-0.2, -0.15) is 0 Å². The van der Waals surface area contributed by atoms with Crippen LogP contribution in [0.2, 0.25) is 0 Å². The number of benzene rings is 4. The Labute approximate surface area is 234 Å². The third-order valence-electron chi connectivity index (χ3n) is 7.73. The maximum Gasteiger partial charge on any atom is 0.242 e. The largest absolute Gasteiger partial charge is 0.315 e. The Morgan fingerprint density at radius 2 is 0.700 bits per heavy atom. The van der Waals surface area contributed by atoms with Crippen LogP contribution in [0.4, 0.5) is 11.4 Å². The summed E-state index contributed by atoms with van der Waals surface area (Å²) in [6.45, 7) is 2.84. The third-order valence-corrected chi connectivity index (χ3v) is 7.73. The number of amides is 2. The summed E-state index contributed by atoms with van der Waals surface area (Å²) in [6, 6.07) is 34.3. The molecule has 0 fully saturated rings. The van der Waals surface area contributed by atoms with Gasteiger partial charge in [-0.3, -0.25) is 19.2 Å². The van der Waals surface area contributed by atoms with Crippen molar-refractivity contribution in [2.75, 3.05) is 23.9 Å². The molecular formula is C34H32N2O4. The van der Waals surface area contributed by atoms with Crippen LogP contribution in [-0.4, -0.2) is 37.5 Å². The van der Waals surface area contributed by atoms with E-state index in [1.807, 2.05) is 12.1 Å². The molecule has 0 bridgehead atoms. The molecule has 2 unspecified atom stereocenters. The van der Waals surface area contributed by atoms with Gasteiger partial charge in [-0.05, 0) is 38.1 Å². The molecule has 2 amide bonds. The molecule has 0 aromatic heterocycles. The molecule has 2 atom stereocenters. The third kappa shape index (κ3) is 4.84. The number of para-hydroxylation sites is 2. The van der Waals surface area contributed by atoms with Crippen molar-refractivity contribution in [3.8, 4) is 0 Å². The summed E-state index contributed by atoms with van der Waals surface area (Å²) < 4.78 is 0. The van der Waals surface area contributed by atoms with E-state index in [4.69, 9.17) is 0 Å². The van der Waals surface area contributed by atoms with E-state index >= 15 is 0 Å². The Bertz CT molecular complexity index is 1390. The number of ketones is 2. The summed E-state index contributed by atoms with van der Waals surface area (Å²) in [5.41, 5.74) is -2.77. The molecule has 0 radical (unpaired) electrons. The van der Waals surface area contributed by atoms with Crippen molar-refractivity contribution in [1.82, 2.24) is 0 Å². The molecule has 0 aliphatic carbocycles. The molecule has 0 aliphatic rings. The normalized spacial score (nSPS) is 13.8. The predicted molar refractivity (Wildman–Crippen MR) is 157 cm³/mol. The number of carbonyl (C=O) groups is 4. The van der Waals surface area contributed by atoms with Gasteiger partial charge >= 0.3 is 0 Å². The van der Waals surface area contributed by atoms with Crippen LogP contribution in [-0.2, 0) is 9.59 Å². The van der Waals surface area contributed by atoms with E-state index in [9.17, 15) is 19.2 Å². The first-order valence-electron chi connectivity index (χ1n) is 13.0. The van der Waals surface area contributed by atoms with Crippen molar-refractivity contribution in [3.05, 3.63) is 132 Å². The summed E-state index contributed by atoms with van der Waals surface area (Å²) in [6.07, 6.45) is 0. The number of nitrogens with zero attached hydrogens (tertiary/aromatic N) is 2. The predicted octanol–water partition coefficient (Wildman–Crippen LogP) is 6.09. The molecule has 4 aromatic rings. The number of Topliss-reactive ketones (excluding diaryl/α,β-unsaturated/α-hetero) is 2. The first-order valence-corrected chi connectivity index (χ1v) is 13.0. The monoisotopic (exact) mass is 532 g/mol. The van der Waals surface area contributed by atoms with Crippen LogP contribution in [0.3, 0.4) is 0 Å². The average molecular weight is 533 g/mol. The van der Waals surface area contributed by atoms with E-state index in [-0.39, 0.29) is 11.1 Å². The SMILES string of the molecule is CN(C(=O)C(C)(C(=O)c1ccccc1)C(C)(C(=O)c1ccccc1)C(=O)N(C)c1ccccc1)c1ccccc1. The van der Waals surface area contributed by atoms with Gasteiger partial charge < -0.3 is 9.80 Å². The van der Waals surface area contributed by atoms with Crippen molar-refractivity contribution in [2.45, 2.75) is 13.8 Å². The first kappa shape index (κ1) is 28.2. The zero-order chi connectivity index (χ0) is 28.9. The first-order chi connectivity index (χ1) is 19.1. The molecule has 0 aliphatic heterocycles. The summed E-state index contributed by atoms with van der Waals surface area (Å²) in [7, 11) is 3.10. The molecule has 4 rings (SSSR count). The molecule has 0 N–H and O–H groups in total. The maximum atomic E-state index is 14.6. The van der Waals surface area contributed by atoms with Crippen LogP contribution >= 0.6 is 0 Å². The molecule has 6 heteroatoms. The van der Waals surface area contributed by atoms with E-state index in [0.29, 0.717) is 11.4 Å². The van der Waals surface area contributed by atoms with E-state index in [1.165, 1.54) is 23.6 Å². The van der Waals surface area contributed by atoms with Crippen LogP contribution in [0.1, 0.15) is 34.6 Å². The van der Waals surface area contributed by atoms with E-state index < -0.39 is 34.2 Å². The minimum Gasteiger partial charge on any atom is -0.315 e. The second-order valence-corrected chi connectivity index (χ2v) is 10.0. The highest BCUT2D eigenvalue weighted by Gasteiger charge is 2.65. The van der Waals surface area contributed by atoms with Gasteiger partial charge in [-0.25, -0.2) is 0 Å². The minimum absolute atomic E-state index is 0.224. The van der Waals surface area contributed by atoms with Gasteiger partial charge in [0.25, 0.3) is 0 Å². The Morgan fingerprint density at radius 3 is 0.975 bits per heavy atom. The highest BCUT2D eigenvalue weighted by Crippen LogP contribution is 2.48. The second kappa shape index (κ2) is 11.5. The van der Waals surface area contributed by atoms with Gasteiger partial charge in [0, 0.05) is 36.6 Å². The highest BCUT2D eigenvalue weighted by molar-refractivity contribution is 6.29. The van der Waals surface area contributed by atoms with Gasteiger partial charge in [0.05, 0.1) is 0 Å². The molecule has 0 saturated heterocycles. The van der Waals surface area contributed by atoms with E-state index in [1.54, 1.807) is 123 Å². The fourth-order valence-corrected chi connectivity index (χ4v) is 5.04. The zero-order valence-electron chi connectivity index (χ0n) is 23.1. The molecule has 202 valence electrons. The lowest BCUT2D eigenvalue weighted by Crippen LogP contribution is -2.63. The van der Waals surface area contributed by atoms with Crippen molar-refractivity contribution < 1.29 is 19.2 Å². The highest BCUT2D eigenvalue weighted by atomic mass is 16.2. The Balaban J connectivity index is 2.00. The summed E-state index contributed by atoms with van der Waals surface area (Å²) in [4.78, 5) is 60.9. The molecule has 40 heavy (non-hydrogen) atoms. The number of carbonyl (C=O) groups excluding carboxylic acids is 4. The van der Waals surface area contributed by atoms with Crippen molar-refractivity contribution >= 4 is 34.8 Å². The summed E-state index contributed by atoms with van der Waals surface area (Å²) >= 11 is 0. The van der Waals surface area contributed by atoms with Gasteiger partial charge in [-0.15, -0.1) is 0 Å². The molecular weight excluding hydrogens is 500 g/mol. The van der Waals surface area contributed by atoms with E-state index in [0.717, 1.165) is 0 Å². The fourth-order valence-electron chi connectivity index (χ4n) is 5.04. The fraction of sp³-hybridized carbons (Fsp3) is 0.176. The lowest BCUT2D eigenvalue weighted by atomic mass is 9.57. The second-order valence-electron chi connectivity index (χ2n) is 10.0. The summed E-state index contributed by atoms with van der Waals surface area (Å²) in [5.74, 6) is -2.59. The van der Waals surface area contributed by atoms with Crippen molar-refractivity contribution in [1.29, 1.82) is 0 Å². The van der Waals surface area contributed by atoms with Gasteiger partial charge in [0.1, 0.15) is 10.8 Å². The zero-order valence-corrected chi connectivity index (χ0v) is 23.1. The molecule has 4 aromatic carbocycles.